The van der Waals surface area contributed by atoms with Crippen LogP contribution in [0.2, 0.25) is 0 Å². The third-order valence-corrected chi connectivity index (χ3v) is 4.29. The molecule has 21 heavy (non-hydrogen) atoms. The molecule has 0 atom stereocenters. The standard InChI is InChI=1S/C19H31NO/c1-2-3-4-5-6-7-8-9-13-20-16-17-10-11-19-18(15-17)12-14-21-19/h10-11,15,20H,2-9,12-14,16H2,1H3. The Hall–Kier alpha value is -1.02. The summed E-state index contributed by atoms with van der Waals surface area (Å²) >= 11 is 0. The molecule has 0 saturated heterocycles. The van der Waals surface area contributed by atoms with Crippen LogP contribution in [-0.2, 0) is 13.0 Å². The van der Waals surface area contributed by atoms with Gasteiger partial charge in [-0.05, 0) is 30.2 Å². The monoisotopic (exact) mass is 289 g/mol. The summed E-state index contributed by atoms with van der Waals surface area (Å²) in [6.45, 7) is 5.26. The molecule has 118 valence electrons. The molecule has 0 aliphatic carbocycles. The second-order valence-electron chi connectivity index (χ2n) is 6.19. The van der Waals surface area contributed by atoms with Crippen LogP contribution in [0.25, 0.3) is 0 Å². The van der Waals surface area contributed by atoms with Crippen LogP contribution in [0.3, 0.4) is 0 Å². The minimum absolute atomic E-state index is 0.852. The van der Waals surface area contributed by atoms with Crippen molar-refractivity contribution >= 4 is 0 Å². The number of unbranched alkanes of at least 4 members (excludes halogenated alkanes) is 7. The van der Waals surface area contributed by atoms with Crippen LogP contribution < -0.4 is 10.1 Å². The first-order valence-electron chi connectivity index (χ1n) is 8.85. The Morgan fingerprint density at radius 1 is 1.00 bits per heavy atom. The van der Waals surface area contributed by atoms with E-state index in [0.29, 0.717) is 0 Å². The van der Waals surface area contributed by atoms with Crippen LogP contribution in [0.15, 0.2) is 18.2 Å². The SMILES string of the molecule is CCCCCCCCCCNCc1ccc2c(c1)CCO2. The average molecular weight is 289 g/mol. The molecule has 1 heterocycles. The Morgan fingerprint density at radius 2 is 1.76 bits per heavy atom. The summed E-state index contributed by atoms with van der Waals surface area (Å²) in [4.78, 5) is 0. The van der Waals surface area contributed by atoms with Crippen molar-refractivity contribution in [1.29, 1.82) is 0 Å². The quantitative estimate of drug-likeness (QED) is 0.588. The lowest BCUT2D eigenvalue weighted by Crippen LogP contribution is -2.14. The smallest absolute Gasteiger partial charge is 0.122 e. The highest BCUT2D eigenvalue weighted by atomic mass is 16.5. The van der Waals surface area contributed by atoms with Crippen LogP contribution in [-0.4, -0.2) is 13.2 Å². The minimum Gasteiger partial charge on any atom is -0.493 e. The highest BCUT2D eigenvalue weighted by Crippen LogP contribution is 2.25. The highest BCUT2D eigenvalue weighted by Gasteiger charge is 2.11. The second-order valence-corrected chi connectivity index (χ2v) is 6.19. The normalized spacial score (nSPS) is 13.2. The summed E-state index contributed by atoms with van der Waals surface area (Å²) in [5.74, 6) is 1.09. The Labute approximate surface area is 130 Å². The van der Waals surface area contributed by atoms with E-state index in [0.717, 1.165) is 31.9 Å². The molecular weight excluding hydrogens is 258 g/mol. The molecule has 2 rings (SSSR count). The van der Waals surface area contributed by atoms with E-state index in [1.807, 2.05) is 0 Å². The van der Waals surface area contributed by atoms with Crippen molar-refractivity contribution in [3.63, 3.8) is 0 Å². The fourth-order valence-corrected chi connectivity index (χ4v) is 2.97. The molecular formula is C19H31NO. The molecule has 0 amide bonds. The number of rotatable bonds is 11. The van der Waals surface area contributed by atoms with Crippen molar-refractivity contribution in [2.75, 3.05) is 13.2 Å². The van der Waals surface area contributed by atoms with Crippen LogP contribution in [0.5, 0.6) is 5.75 Å². The van der Waals surface area contributed by atoms with Gasteiger partial charge in [0.2, 0.25) is 0 Å². The van der Waals surface area contributed by atoms with Crippen LogP contribution in [0, 0.1) is 0 Å². The number of ether oxygens (including phenoxy) is 1. The third-order valence-electron chi connectivity index (χ3n) is 4.29. The molecule has 0 saturated carbocycles. The van der Waals surface area contributed by atoms with Gasteiger partial charge in [-0.25, -0.2) is 0 Å². The van der Waals surface area contributed by atoms with E-state index >= 15 is 0 Å². The Morgan fingerprint density at radius 3 is 2.57 bits per heavy atom. The van der Waals surface area contributed by atoms with Crippen LogP contribution in [0.1, 0.15) is 69.4 Å². The molecule has 0 radical (unpaired) electrons. The number of fused-ring (bicyclic) bond motifs is 1. The van der Waals surface area contributed by atoms with Gasteiger partial charge in [-0.1, -0.05) is 64.0 Å². The predicted octanol–water partition coefficient (Wildman–Crippen LogP) is 4.85. The highest BCUT2D eigenvalue weighted by molar-refractivity contribution is 5.39. The van der Waals surface area contributed by atoms with E-state index < -0.39 is 0 Å². The first-order valence-corrected chi connectivity index (χ1v) is 8.85. The molecule has 1 aromatic carbocycles. The van der Waals surface area contributed by atoms with Gasteiger partial charge >= 0.3 is 0 Å². The Balaban J connectivity index is 1.47. The zero-order chi connectivity index (χ0) is 14.8. The van der Waals surface area contributed by atoms with Crippen LogP contribution in [0.4, 0.5) is 0 Å². The van der Waals surface area contributed by atoms with E-state index in [2.05, 4.69) is 30.4 Å². The molecule has 1 N–H and O–H groups in total. The lowest BCUT2D eigenvalue weighted by molar-refractivity contribution is 0.357. The lowest BCUT2D eigenvalue weighted by atomic mass is 10.1. The molecule has 1 aliphatic heterocycles. The fraction of sp³-hybridized carbons (Fsp3) is 0.684. The van der Waals surface area contributed by atoms with Crippen molar-refractivity contribution < 1.29 is 4.74 Å². The number of nitrogens with one attached hydrogen (secondary N) is 1. The first-order chi connectivity index (χ1) is 10.4. The molecule has 1 aliphatic rings. The van der Waals surface area contributed by atoms with Crippen molar-refractivity contribution in [1.82, 2.24) is 5.32 Å². The summed E-state index contributed by atoms with van der Waals surface area (Å²) in [6, 6.07) is 6.60. The summed E-state index contributed by atoms with van der Waals surface area (Å²) in [6.07, 6.45) is 12.2. The van der Waals surface area contributed by atoms with Gasteiger partial charge in [0.05, 0.1) is 6.61 Å². The van der Waals surface area contributed by atoms with E-state index in [1.54, 1.807) is 0 Å². The zero-order valence-corrected chi connectivity index (χ0v) is 13.6. The van der Waals surface area contributed by atoms with Gasteiger partial charge < -0.3 is 10.1 Å². The van der Waals surface area contributed by atoms with Crippen molar-refractivity contribution in [2.24, 2.45) is 0 Å². The van der Waals surface area contributed by atoms with E-state index in [9.17, 15) is 0 Å². The molecule has 0 unspecified atom stereocenters. The molecule has 1 aromatic rings. The predicted molar refractivity (Wildman–Crippen MR) is 90.0 cm³/mol. The zero-order valence-electron chi connectivity index (χ0n) is 13.6. The first kappa shape index (κ1) is 16.4. The Kier molecular flexibility index (Phi) is 7.66. The van der Waals surface area contributed by atoms with Crippen LogP contribution >= 0.6 is 0 Å². The van der Waals surface area contributed by atoms with Gasteiger partial charge in [0, 0.05) is 13.0 Å². The fourth-order valence-electron chi connectivity index (χ4n) is 2.97. The maximum absolute atomic E-state index is 5.54. The summed E-state index contributed by atoms with van der Waals surface area (Å²) in [7, 11) is 0. The Bertz CT molecular complexity index is 403. The third kappa shape index (κ3) is 6.09. The molecule has 0 bridgehead atoms. The molecule has 2 heteroatoms. The van der Waals surface area contributed by atoms with Gasteiger partial charge in [0.15, 0.2) is 0 Å². The van der Waals surface area contributed by atoms with Crippen molar-refractivity contribution in [3.05, 3.63) is 29.3 Å². The lowest BCUT2D eigenvalue weighted by Gasteiger charge is -2.07. The molecule has 2 nitrogen and oxygen atoms in total. The van der Waals surface area contributed by atoms with Gasteiger partial charge in [-0.15, -0.1) is 0 Å². The molecule has 0 spiro atoms. The van der Waals surface area contributed by atoms with Crippen molar-refractivity contribution in [2.45, 2.75) is 71.3 Å². The average Bonchev–Trinajstić information content (AvgIpc) is 2.97. The molecule has 0 aromatic heterocycles. The summed E-state index contributed by atoms with van der Waals surface area (Å²) in [5, 5.41) is 3.56. The van der Waals surface area contributed by atoms with Crippen molar-refractivity contribution in [3.8, 4) is 5.75 Å². The second kappa shape index (κ2) is 9.83. The maximum atomic E-state index is 5.54. The van der Waals surface area contributed by atoms with E-state index in [-0.39, 0.29) is 0 Å². The summed E-state index contributed by atoms with van der Waals surface area (Å²) in [5.41, 5.74) is 2.76. The number of hydrogen-bond donors (Lipinski definition) is 1. The van der Waals surface area contributed by atoms with E-state index in [4.69, 9.17) is 4.74 Å². The maximum Gasteiger partial charge on any atom is 0.122 e. The van der Waals surface area contributed by atoms with Gasteiger partial charge in [0.1, 0.15) is 5.75 Å². The topological polar surface area (TPSA) is 21.3 Å². The molecule has 0 fully saturated rings. The van der Waals surface area contributed by atoms with Gasteiger partial charge in [0.25, 0.3) is 0 Å². The van der Waals surface area contributed by atoms with Gasteiger partial charge in [-0.2, -0.15) is 0 Å². The summed E-state index contributed by atoms with van der Waals surface area (Å²) < 4.78 is 5.54. The number of benzene rings is 1. The minimum atomic E-state index is 0.852. The van der Waals surface area contributed by atoms with E-state index in [1.165, 1.54) is 62.5 Å². The number of hydrogen-bond acceptors (Lipinski definition) is 2. The largest absolute Gasteiger partial charge is 0.493 e. The van der Waals surface area contributed by atoms with Gasteiger partial charge in [-0.3, -0.25) is 0 Å².